The lowest BCUT2D eigenvalue weighted by atomic mass is 9.85. The van der Waals surface area contributed by atoms with Crippen molar-refractivity contribution in [1.29, 1.82) is 0 Å². The van der Waals surface area contributed by atoms with Crippen molar-refractivity contribution in [2.24, 2.45) is 11.7 Å². The van der Waals surface area contributed by atoms with Crippen LogP contribution in [0.15, 0.2) is 0 Å². The fraction of sp³-hybridized carbons (Fsp3) is 0.812. The number of aryl methyl sites for hydroxylation is 1. The van der Waals surface area contributed by atoms with Crippen LogP contribution in [0.3, 0.4) is 0 Å². The number of rotatable bonds is 3. The van der Waals surface area contributed by atoms with Gasteiger partial charge in [0.15, 0.2) is 0 Å². The molecule has 1 aromatic heterocycles. The summed E-state index contributed by atoms with van der Waals surface area (Å²) in [5, 5.41) is 0.996. The van der Waals surface area contributed by atoms with Gasteiger partial charge in [-0.25, -0.2) is 4.98 Å². The minimum Gasteiger partial charge on any atom is -0.345 e. The second kappa shape index (κ2) is 7.57. The van der Waals surface area contributed by atoms with E-state index < -0.39 is 0 Å². The normalized spacial score (nSPS) is 26.2. The minimum atomic E-state index is 0.138. The second-order valence-electron chi connectivity index (χ2n) is 6.64. The molecular weight excluding hydrogens is 310 g/mol. The maximum Gasteiger partial charge on any atom is 0.225 e. The molecule has 3 rings (SSSR count). The summed E-state index contributed by atoms with van der Waals surface area (Å²) in [6.07, 6.45) is 5.87. The Kier molecular flexibility index (Phi) is 5.48. The number of anilines is 1. The summed E-state index contributed by atoms with van der Waals surface area (Å²) in [6, 6.07) is 0.204. The lowest BCUT2D eigenvalue weighted by molar-refractivity contribution is -0.136. The predicted octanol–water partition coefficient (Wildman–Crippen LogP) is 1.66. The maximum atomic E-state index is 12.8. The van der Waals surface area contributed by atoms with Crippen molar-refractivity contribution in [3.05, 3.63) is 5.82 Å². The van der Waals surface area contributed by atoms with Crippen LogP contribution >= 0.6 is 11.5 Å². The van der Waals surface area contributed by atoms with Gasteiger partial charge in [-0.05, 0) is 25.7 Å². The summed E-state index contributed by atoms with van der Waals surface area (Å²) < 4.78 is 4.37. The lowest BCUT2D eigenvalue weighted by Crippen LogP contribution is -2.42. The average molecular weight is 337 g/mol. The van der Waals surface area contributed by atoms with Crippen LogP contribution in [0.4, 0.5) is 5.13 Å². The Morgan fingerprint density at radius 1 is 1.26 bits per heavy atom. The van der Waals surface area contributed by atoms with Gasteiger partial charge in [0.2, 0.25) is 11.0 Å². The molecule has 2 heterocycles. The van der Waals surface area contributed by atoms with Crippen LogP contribution in [0.5, 0.6) is 0 Å². The van der Waals surface area contributed by atoms with Gasteiger partial charge < -0.3 is 15.5 Å². The zero-order valence-electron chi connectivity index (χ0n) is 13.9. The molecule has 2 N–H and O–H groups in total. The van der Waals surface area contributed by atoms with Crippen LogP contribution in [0.25, 0.3) is 0 Å². The van der Waals surface area contributed by atoms with Gasteiger partial charge in [-0.15, -0.1) is 0 Å². The van der Waals surface area contributed by atoms with Gasteiger partial charge in [-0.1, -0.05) is 13.3 Å². The maximum absolute atomic E-state index is 12.8. The summed E-state index contributed by atoms with van der Waals surface area (Å²) >= 11 is 1.47. The molecule has 2 aliphatic rings. The molecule has 2 atom stereocenters. The van der Waals surface area contributed by atoms with Gasteiger partial charge in [-0.2, -0.15) is 4.37 Å². The molecule has 7 heteroatoms. The Morgan fingerprint density at radius 3 is 2.87 bits per heavy atom. The average Bonchev–Trinajstić information content (AvgIpc) is 2.91. The largest absolute Gasteiger partial charge is 0.345 e. The Morgan fingerprint density at radius 2 is 2.13 bits per heavy atom. The van der Waals surface area contributed by atoms with E-state index in [0.29, 0.717) is 5.91 Å². The standard InChI is InChI=1S/C16H27N5OS/c1-2-14-18-16(23-19-14)21-8-4-7-20(9-10-21)15(22)12-5-3-6-13(17)11-12/h12-13H,2-11,17H2,1H3. The van der Waals surface area contributed by atoms with Crippen LogP contribution in [0.2, 0.25) is 0 Å². The molecule has 0 bridgehead atoms. The Hall–Kier alpha value is -1.21. The molecule has 1 saturated carbocycles. The van der Waals surface area contributed by atoms with Crippen molar-refractivity contribution < 1.29 is 4.79 Å². The zero-order chi connectivity index (χ0) is 16.2. The topological polar surface area (TPSA) is 75.4 Å². The first-order valence-corrected chi connectivity index (χ1v) is 9.56. The van der Waals surface area contributed by atoms with E-state index in [1.54, 1.807) is 0 Å². The van der Waals surface area contributed by atoms with Crippen molar-refractivity contribution in [3.63, 3.8) is 0 Å². The first-order chi connectivity index (χ1) is 11.2. The van der Waals surface area contributed by atoms with Crippen molar-refractivity contribution >= 4 is 22.6 Å². The Labute approximate surface area is 142 Å². The molecular formula is C16H27N5OS. The molecule has 6 nitrogen and oxygen atoms in total. The Balaban J connectivity index is 1.58. The molecule has 128 valence electrons. The first kappa shape index (κ1) is 16.6. The van der Waals surface area contributed by atoms with E-state index in [4.69, 9.17) is 5.73 Å². The van der Waals surface area contributed by atoms with E-state index in [2.05, 4.69) is 21.2 Å². The van der Waals surface area contributed by atoms with Gasteiger partial charge in [0.25, 0.3) is 0 Å². The number of carbonyl (C=O) groups excluding carboxylic acids is 1. The first-order valence-electron chi connectivity index (χ1n) is 8.79. The third-order valence-corrected chi connectivity index (χ3v) is 5.73. The van der Waals surface area contributed by atoms with Gasteiger partial charge in [0, 0.05) is 56.1 Å². The van der Waals surface area contributed by atoms with Gasteiger partial charge in [-0.3, -0.25) is 4.79 Å². The molecule has 0 aromatic carbocycles. The van der Waals surface area contributed by atoms with Crippen molar-refractivity contribution in [3.8, 4) is 0 Å². The highest BCUT2D eigenvalue weighted by Gasteiger charge is 2.30. The summed E-state index contributed by atoms with van der Waals surface area (Å²) in [5.74, 6) is 1.37. The van der Waals surface area contributed by atoms with E-state index in [1.807, 2.05) is 4.90 Å². The monoisotopic (exact) mass is 337 g/mol. The van der Waals surface area contributed by atoms with Crippen LogP contribution in [0, 0.1) is 5.92 Å². The molecule has 23 heavy (non-hydrogen) atoms. The Bertz CT molecular complexity index is 534. The summed E-state index contributed by atoms with van der Waals surface area (Å²) in [6.45, 7) is 5.50. The van der Waals surface area contributed by atoms with Crippen molar-refractivity contribution in [2.45, 2.75) is 51.5 Å². The quantitative estimate of drug-likeness (QED) is 0.908. The van der Waals surface area contributed by atoms with Gasteiger partial charge in [0.05, 0.1) is 0 Å². The predicted molar refractivity (Wildman–Crippen MR) is 92.6 cm³/mol. The molecule has 1 aromatic rings. The summed E-state index contributed by atoms with van der Waals surface area (Å²) in [5.41, 5.74) is 6.04. The number of carbonyl (C=O) groups is 1. The number of hydrogen-bond acceptors (Lipinski definition) is 6. The van der Waals surface area contributed by atoms with Crippen LogP contribution in [-0.4, -0.2) is 52.4 Å². The van der Waals surface area contributed by atoms with E-state index >= 15 is 0 Å². The highest BCUT2D eigenvalue weighted by molar-refractivity contribution is 7.09. The second-order valence-corrected chi connectivity index (χ2v) is 7.37. The third kappa shape index (κ3) is 4.01. The fourth-order valence-corrected chi connectivity index (χ4v) is 4.36. The summed E-state index contributed by atoms with van der Waals surface area (Å²) in [4.78, 5) is 21.7. The molecule has 1 saturated heterocycles. The SMILES string of the molecule is CCc1nsc(N2CCCN(C(=O)C3CCCC(N)C3)CC2)n1. The molecule has 1 amide bonds. The fourth-order valence-electron chi connectivity index (χ4n) is 3.56. The molecule has 0 spiro atoms. The molecule has 1 aliphatic carbocycles. The molecule has 2 unspecified atom stereocenters. The molecule has 2 fully saturated rings. The van der Waals surface area contributed by atoms with Crippen LogP contribution < -0.4 is 10.6 Å². The van der Waals surface area contributed by atoms with E-state index in [-0.39, 0.29) is 12.0 Å². The van der Waals surface area contributed by atoms with Gasteiger partial charge in [0.1, 0.15) is 5.82 Å². The lowest BCUT2D eigenvalue weighted by Gasteiger charge is -2.30. The van der Waals surface area contributed by atoms with E-state index in [9.17, 15) is 4.79 Å². The van der Waals surface area contributed by atoms with Crippen molar-refractivity contribution in [1.82, 2.24) is 14.3 Å². The summed E-state index contributed by atoms with van der Waals surface area (Å²) in [7, 11) is 0. The number of hydrogen-bond donors (Lipinski definition) is 1. The highest BCUT2D eigenvalue weighted by atomic mass is 32.1. The highest BCUT2D eigenvalue weighted by Crippen LogP contribution is 2.26. The number of aromatic nitrogens is 2. The molecule has 1 aliphatic heterocycles. The van der Waals surface area contributed by atoms with Crippen LogP contribution in [0.1, 0.15) is 44.9 Å². The smallest absolute Gasteiger partial charge is 0.225 e. The van der Waals surface area contributed by atoms with E-state index in [1.165, 1.54) is 11.5 Å². The van der Waals surface area contributed by atoms with E-state index in [0.717, 1.165) is 75.7 Å². The zero-order valence-corrected chi connectivity index (χ0v) is 14.7. The number of nitrogens with zero attached hydrogens (tertiary/aromatic N) is 4. The number of amides is 1. The third-order valence-electron chi connectivity index (χ3n) is 4.92. The minimum absolute atomic E-state index is 0.138. The van der Waals surface area contributed by atoms with Crippen LogP contribution in [-0.2, 0) is 11.2 Å². The number of nitrogens with two attached hydrogens (primary N) is 1. The molecule has 0 radical (unpaired) electrons. The van der Waals surface area contributed by atoms with Gasteiger partial charge >= 0.3 is 0 Å². The van der Waals surface area contributed by atoms with Crippen molar-refractivity contribution in [2.75, 3.05) is 31.1 Å².